The lowest BCUT2D eigenvalue weighted by Gasteiger charge is -2.35. The number of rotatable bonds is 4. The maximum atomic E-state index is 12.8. The van der Waals surface area contributed by atoms with Gasteiger partial charge in [-0.3, -0.25) is 14.4 Å². The van der Waals surface area contributed by atoms with Gasteiger partial charge in [0, 0.05) is 37.7 Å². The van der Waals surface area contributed by atoms with Gasteiger partial charge in [0.2, 0.25) is 11.8 Å². The van der Waals surface area contributed by atoms with E-state index in [1.54, 1.807) is 21.9 Å². The van der Waals surface area contributed by atoms with E-state index in [0.717, 1.165) is 19.3 Å². The first-order chi connectivity index (χ1) is 12.6. The van der Waals surface area contributed by atoms with Crippen molar-refractivity contribution < 1.29 is 14.4 Å². The first-order valence-electron chi connectivity index (χ1n) is 9.54. The van der Waals surface area contributed by atoms with Crippen LogP contribution < -0.4 is 5.32 Å². The summed E-state index contributed by atoms with van der Waals surface area (Å²) < 4.78 is 0. The van der Waals surface area contributed by atoms with Gasteiger partial charge in [0.15, 0.2) is 0 Å². The van der Waals surface area contributed by atoms with Gasteiger partial charge < -0.3 is 15.1 Å². The molecule has 3 rings (SSSR count). The zero-order valence-corrected chi connectivity index (χ0v) is 15.3. The summed E-state index contributed by atoms with van der Waals surface area (Å²) in [6.07, 6.45) is 3.82. The smallest absolute Gasteiger partial charge is 0.254 e. The van der Waals surface area contributed by atoms with Gasteiger partial charge in [0.05, 0.1) is 0 Å². The number of piperidine rings is 1. The molecule has 0 bridgehead atoms. The Morgan fingerprint density at radius 2 is 1.85 bits per heavy atom. The van der Waals surface area contributed by atoms with E-state index in [1.165, 1.54) is 0 Å². The Morgan fingerprint density at radius 1 is 1.08 bits per heavy atom. The number of carbonyl (C=O) groups excluding carboxylic acids is 3. The summed E-state index contributed by atoms with van der Waals surface area (Å²) >= 11 is 0. The van der Waals surface area contributed by atoms with Crippen LogP contribution in [0.25, 0.3) is 0 Å². The Labute approximate surface area is 154 Å². The molecule has 2 aliphatic heterocycles. The minimum absolute atomic E-state index is 0.0198. The predicted octanol–water partition coefficient (Wildman–Crippen LogP) is 1.81. The Hall–Kier alpha value is -2.37. The summed E-state index contributed by atoms with van der Waals surface area (Å²) in [5, 5.41) is 3.07. The van der Waals surface area contributed by atoms with Gasteiger partial charge in [0.1, 0.15) is 6.04 Å². The fraction of sp³-hybridized carbons (Fsp3) is 0.550. The highest BCUT2D eigenvalue weighted by molar-refractivity contribution is 5.97. The van der Waals surface area contributed by atoms with Crippen molar-refractivity contribution in [1.29, 1.82) is 0 Å². The van der Waals surface area contributed by atoms with E-state index in [-0.39, 0.29) is 23.8 Å². The molecule has 26 heavy (non-hydrogen) atoms. The van der Waals surface area contributed by atoms with Crippen molar-refractivity contribution in [3.05, 3.63) is 35.9 Å². The molecule has 0 aromatic heterocycles. The minimum Gasteiger partial charge on any atom is -0.350 e. The standard InChI is InChI=1S/C20H27N3O3/c1-2-18(24)22-13-11-16(14-22)21-19(25)17-10-6-7-12-23(17)20(26)15-8-4-3-5-9-15/h3-5,8-9,16-17H,2,6-7,10-14H2,1H3,(H,21,25). The van der Waals surface area contributed by atoms with Crippen molar-refractivity contribution in [1.82, 2.24) is 15.1 Å². The highest BCUT2D eigenvalue weighted by atomic mass is 16.2. The fourth-order valence-electron chi connectivity index (χ4n) is 3.82. The minimum atomic E-state index is -0.424. The van der Waals surface area contributed by atoms with Crippen molar-refractivity contribution in [2.24, 2.45) is 0 Å². The predicted molar refractivity (Wildman–Crippen MR) is 98.5 cm³/mol. The highest BCUT2D eigenvalue weighted by Crippen LogP contribution is 2.21. The van der Waals surface area contributed by atoms with E-state index in [2.05, 4.69) is 5.32 Å². The highest BCUT2D eigenvalue weighted by Gasteiger charge is 2.35. The molecule has 1 N–H and O–H groups in total. The molecule has 2 fully saturated rings. The van der Waals surface area contributed by atoms with Crippen LogP contribution in [0.1, 0.15) is 49.4 Å². The van der Waals surface area contributed by atoms with Gasteiger partial charge >= 0.3 is 0 Å². The molecule has 2 unspecified atom stereocenters. The molecule has 2 saturated heterocycles. The number of likely N-dealkylation sites (tertiary alicyclic amines) is 2. The van der Waals surface area contributed by atoms with Gasteiger partial charge in [-0.15, -0.1) is 0 Å². The summed E-state index contributed by atoms with van der Waals surface area (Å²) in [5.74, 6) is -0.0512. The first-order valence-corrected chi connectivity index (χ1v) is 9.54. The lowest BCUT2D eigenvalue weighted by Crippen LogP contribution is -2.54. The molecule has 6 heteroatoms. The molecule has 2 aliphatic rings. The van der Waals surface area contributed by atoms with E-state index < -0.39 is 6.04 Å². The van der Waals surface area contributed by atoms with Gasteiger partial charge in [0.25, 0.3) is 5.91 Å². The maximum absolute atomic E-state index is 12.8. The Morgan fingerprint density at radius 3 is 2.58 bits per heavy atom. The molecule has 2 atom stereocenters. The lowest BCUT2D eigenvalue weighted by molar-refractivity contribution is -0.130. The van der Waals surface area contributed by atoms with Crippen LogP contribution in [0.2, 0.25) is 0 Å². The second kappa shape index (κ2) is 8.34. The number of benzene rings is 1. The third-order valence-corrected chi connectivity index (χ3v) is 5.28. The number of amides is 3. The third-order valence-electron chi connectivity index (χ3n) is 5.28. The normalized spacial score (nSPS) is 23.0. The van der Waals surface area contributed by atoms with Gasteiger partial charge in [-0.25, -0.2) is 0 Å². The number of hydrogen-bond acceptors (Lipinski definition) is 3. The maximum Gasteiger partial charge on any atom is 0.254 e. The molecule has 0 spiro atoms. The van der Waals surface area contributed by atoms with Crippen LogP contribution in [0.15, 0.2) is 30.3 Å². The van der Waals surface area contributed by atoms with Crippen LogP contribution in [0.5, 0.6) is 0 Å². The van der Waals surface area contributed by atoms with E-state index in [9.17, 15) is 14.4 Å². The molecule has 1 aromatic carbocycles. The summed E-state index contributed by atoms with van der Waals surface area (Å²) in [6, 6.07) is 8.68. The van der Waals surface area contributed by atoms with Crippen LogP contribution in [0, 0.1) is 0 Å². The van der Waals surface area contributed by atoms with Crippen LogP contribution in [0.3, 0.4) is 0 Å². The van der Waals surface area contributed by atoms with E-state index in [4.69, 9.17) is 0 Å². The topological polar surface area (TPSA) is 69.7 Å². The zero-order chi connectivity index (χ0) is 18.5. The molecule has 0 radical (unpaired) electrons. The van der Waals surface area contributed by atoms with Gasteiger partial charge in [-0.05, 0) is 37.8 Å². The number of carbonyl (C=O) groups is 3. The first kappa shape index (κ1) is 18.4. The molecular formula is C20H27N3O3. The van der Waals surface area contributed by atoms with E-state index in [0.29, 0.717) is 38.0 Å². The number of nitrogens with zero attached hydrogens (tertiary/aromatic N) is 2. The fourth-order valence-corrected chi connectivity index (χ4v) is 3.82. The Balaban J connectivity index is 1.63. The molecule has 3 amide bonds. The quantitative estimate of drug-likeness (QED) is 0.893. The van der Waals surface area contributed by atoms with Crippen LogP contribution in [-0.4, -0.2) is 59.2 Å². The molecule has 1 aromatic rings. The largest absolute Gasteiger partial charge is 0.350 e. The number of hydrogen-bond donors (Lipinski definition) is 1. The molecular weight excluding hydrogens is 330 g/mol. The zero-order valence-electron chi connectivity index (χ0n) is 15.3. The van der Waals surface area contributed by atoms with Gasteiger partial charge in [-0.2, -0.15) is 0 Å². The van der Waals surface area contributed by atoms with Crippen LogP contribution >= 0.6 is 0 Å². The van der Waals surface area contributed by atoms with Crippen LogP contribution in [-0.2, 0) is 9.59 Å². The molecule has 0 aliphatic carbocycles. The lowest BCUT2D eigenvalue weighted by atomic mass is 9.99. The second-order valence-corrected chi connectivity index (χ2v) is 7.06. The van der Waals surface area contributed by atoms with Crippen molar-refractivity contribution in [2.45, 2.75) is 51.1 Å². The molecule has 140 valence electrons. The summed E-state index contributed by atoms with van der Waals surface area (Å²) in [6.45, 7) is 3.72. The van der Waals surface area contributed by atoms with Crippen molar-refractivity contribution in [3.8, 4) is 0 Å². The molecule has 6 nitrogen and oxygen atoms in total. The Kier molecular flexibility index (Phi) is 5.91. The number of nitrogens with one attached hydrogen (secondary N) is 1. The van der Waals surface area contributed by atoms with Crippen molar-refractivity contribution >= 4 is 17.7 Å². The van der Waals surface area contributed by atoms with Crippen molar-refractivity contribution in [2.75, 3.05) is 19.6 Å². The average molecular weight is 357 g/mol. The van der Waals surface area contributed by atoms with Gasteiger partial charge in [-0.1, -0.05) is 25.1 Å². The molecule has 0 saturated carbocycles. The van der Waals surface area contributed by atoms with Crippen molar-refractivity contribution in [3.63, 3.8) is 0 Å². The third kappa shape index (κ3) is 4.06. The average Bonchev–Trinajstić information content (AvgIpc) is 3.16. The molecule has 2 heterocycles. The Bertz CT molecular complexity index is 662. The van der Waals surface area contributed by atoms with E-state index >= 15 is 0 Å². The monoisotopic (exact) mass is 357 g/mol. The second-order valence-electron chi connectivity index (χ2n) is 7.06. The SMILES string of the molecule is CCC(=O)N1CCC(NC(=O)C2CCCCN2C(=O)c2ccccc2)C1. The van der Waals surface area contributed by atoms with E-state index in [1.807, 2.05) is 25.1 Å². The summed E-state index contributed by atoms with van der Waals surface area (Å²) in [7, 11) is 0. The van der Waals surface area contributed by atoms with Crippen LogP contribution in [0.4, 0.5) is 0 Å². The summed E-state index contributed by atoms with van der Waals surface area (Å²) in [5.41, 5.74) is 0.618. The summed E-state index contributed by atoms with van der Waals surface area (Å²) in [4.78, 5) is 41.0.